The van der Waals surface area contributed by atoms with Crippen molar-refractivity contribution in [3.05, 3.63) is 30.1 Å². The van der Waals surface area contributed by atoms with Gasteiger partial charge in [0.2, 0.25) is 0 Å². The van der Waals surface area contributed by atoms with Gasteiger partial charge in [-0.3, -0.25) is 0 Å². The van der Waals surface area contributed by atoms with E-state index in [0.29, 0.717) is 12.6 Å². The van der Waals surface area contributed by atoms with Crippen LogP contribution in [0.3, 0.4) is 0 Å². The van der Waals surface area contributed by atoms with Crippen LogP contribution in [0.15, 0.2) is 24.3 Å². The van der Waals surface area contributed by atoms with Crippen LogP contribution in [0.2, 0.25) is 0 Å². The fourth-order valence-electron chi connectivity index (χ4n) is 3.31. The number of nitrogens with zero attached hydrogens (tertiary/aromatic N) is 1. The van der Waals surface area contributed by atoms with E-state index in [2.05, 4.69) is 11.8 Å². The molecule has 2 N–H and O–H groups in total. The summed E-state index contributed by atoms with van der Waals surface area (Å²) < 4.78 is 14.1. The number of nitrogens with two attached hydrogens (primary N) is 1. The highest BCUT2D eigenvalue weighted by atomic mass is 19.1. The monoisotopic (exact) mass is 278 g/mol. The molecule has 0 spiro atoms. The van der Waals surface area contributed by atoms with Crippen molar-refractivity contribution >= 4 is 5.69 Å². The molecule has 3 heteroatoms. The molecule has 0 unspecified atom stereocenters. The molecule has 112 valence electrons. The molecule has 0 aromatic heterocycles. The average molecular weight is 278 g/mol. The molecular formula is C17H27FN2. The smallest absolute Gasteiger partial charge is 0.146 e. The van der Waals surface area contributed by atoms with E-state index in [9.17, 15) is 4.39 Å². The van der Waals surface area contributed by atoms with Gasteiger partial charge in [-0.05, 0) is 56.7 Å². The summed E-state index contributed by atoms with van der Waals surface area (Å²) in [5.74, 6) is 0.755. The summed E-state index contributed by atoms with van der Waals surface area (Å²) in [4.78, 5) is 2.26. The highest BCUT2D eigenvalue weighted by Crippen LogP contribution is 2.32. The van der Waals surface area contributed by atoms with E-state index in [-0.39, 0.29) is 5.82 Å². The first-order valence-corrected chi connectivity index (χ1v) is 7.97. The van der Waals surface area contributed by atoms with Crippen molar-refractivity contribution in [2.45, 2.75) is 51.5 Å². The van der Waals surface area contributed by atoms with E-state index in [1.165, 1.54) is 32.1 Å². The summed E-state index contributed by atoms with van der Waals surface area (Å²) in [6.07, 6.45) is 7.09. The minimum Gasteiger partial charge on any atom is -0.366 e. The molecule has 0 bridgehead atoms. The number of anilines is 1. The largest absolute Gasteiger partial charge is 0.366 e. The van der Waals surface area contributed by atoms with Crippen LogP contribution < -0.4 is 10.6 Å². The fourth-order valence-corrected chi connectivity index (χ4v) is 3.31. The summed E-state index contributed by atoms with van der Waals surface area (Å²) in [6.45, 7) is 3.79. The van der Waals surface area contributed by atoms with E-state index in [1.54, 1.807) is 12.1 Å². The van der Waals surface area contributed by atoms with E-state index < -0.39 is 0 Å². The Morgan fingerprint density at radius 2 is 1.90 bits per heavy atom. The topological polar surface area (TPSA) is 29.3 Å². The molecule has 1 aliphatic carbocycles. The Kier molecular flexibility index (Phi) is 5.84. The van der Waals surface area contributed by atoms with Crippen molar-refractivity contribution in [1.29, 1.82) is 0 Å². The Morgan fingerprint density at radius 3 is 2.50 bits per heavy atom. The predicted molar refractivity (Wildman–Crippen MR) is 83.5 cm³/mol. The minimum absolute atomic E-state index is 0.109. The van der Waals surface area contributed by atoms with Crippen LogP contribution >= 0.6 is 0 Å². The molecule has 1 fully saturated rings. The Balaban J connectivity index is 2.10. The highest BCUT2D eigenvalue weighted by molar-refractivity contribution is 5.48. The number of para-hydroxylation sites is 1. The van der Waals surface area contributed by atoms with Crippen molar-refractivity contribution < 1.29 is 4.39 Å². The lowest BCUT2D eigenvalue weighted by Gasteiger charge is -2.38. The van der Waals surface area contributed by atoms with Gasteiger partial charge < -0.3 is 10.6 Å². The Morgan fingerprint density at radius 1 is 1.20 bits per heavy atom. The maximum Gasteiger partial charge on any atom is 0.146 e. The third-order valence-corrected chi connectivity index (χ3v) is 4.60. The van der Waals surface area contributed by atoms with E-state index in [0.717, 1.165) is 24.6 Å². The Hall–Kier alpha value is -1.09. The third kappa shape index (κ3) is 3.72. The van der Waals surface area contributed by atoms with Crippen LogP contribution in [0.1, 0.15) is 45.4 Å². The van der Waals surface area contributed by atoms with E-state index in [1.807, 2.05) is 12.1 Å². The number of benzene rings is 1. The molecule has 0 atom stereocenters. The lowest BCUT2D eigenvalue weighted by atomic mass is 9.83. The molecule has 2 rings (SSSR count). The fraction of sp³-hybridized carbons (Fsp3) is 0.647. The van der Waals surface area contributed by atoms with Crippen LogP contribution in [0.5, 0.6) is 0 Å². The zero-order valence-electron chi connectivity index (χ0n) is 12.5. The van der Waals surface area contributed by atoms with Gasteiger partial charge >= 0.3 is 0 Å². The first-order valence-electron chi connectivity index (χ1n) is 7.97. The summed E-state index contributed by atoms with van der Waals surface area (Å²) >= 11 is 0. The zero-order valence-corrected chi connectivity index (χ0v) is 12.5. The van der Waals surface area contributed by atoms with Crippen LogP contribution in [0, 0.1) is 11.7 Å². The molecule has 1 saturated carbocycles. The summed E-state index contributed by atoms with van der Waals surface area (Å²) in [7, 11) is 0. The van der Waals surface area contributed by atoms with Gasteiger partial charge in [-0.2, -0.15) is 0 Å². The molecule has 20 heavy (non-hydrogen) atoms. The molecule has 1 aromatic rings. The van der Waals surface area contributed by atoms with Gasteiger partial charge in [-0.25, -0.2) is 4.39 Å². The van der Waals surface area contributed by atoms with Gasteiger partial charge in [-0.15, -0.1) is 0 Å². The molecule has 0 saturated heterocycles. The lowest BCUT2D eigenvalue weighted by Crippen LogP contribution is -2.40. The highest BCUT2D eigenvalue weighted by Gasteiger charge is 2.26. The van der Waals surface area contributed by atoms with E-state index in [4.69, 9.17) is 5.73 Å². The van der Waals surface area contributed by atoms with Crippen molar-refractivity contribution in [1.82, 2.24) is 0 Å². The van der Waals surface area contributed by atoms with Crippen molar-refractivity contribution in [2.24, 2.45) is 11.7 Å². The second-order valence-electron chi connectivity index (χ2n) is 5.87. The molecule has 0 aliphatic heterocycles. The van der Waals surface area contributed by atoms with Gasteiger partial charge in [0.1, 0.15) is 5.82 Å². The van der Waals surface area contributed by atoms with Gasteiger partial charge in [0, 0.05) is 12.6 Å². The number of hydrogen-bond donors (Lipinski definition) is 1. The molecule has 1 aliphatic rings. The summed E-state index contributed by atoms with van der Waals surface area (Å²) in [5.41, 5.74) is 6.40. The summed E-state index contributed by atoms with van der Waals surface area (Å²) in [6, 6.07) is 7.61. The zero-order chi connectivity index (χ0) is 14.4. The molecule has 0 amide bonds. The van der Waals surface area contributed by atoms with Gasteiger partial charge in [-0.1, -0.05) is 25.5 Å². The van der Waals surface area contributed by atoms with Crippen LogP contribution in [0.4, 0.5) is 10.1 Å². The van der Waals surface area contributed by atoms with Gasteiger partial charge in [0.05, 0.1) is 5.69 Å². The van der Waals surface area contributed by atoms with Gasteiger partial charge in [0.25, 0.3) is 0 Å². The summed E-state index contributed by atoms with van der Waals surface area (Å²) in [5, 5.41) is 0. The quantitative estimate of drug-likeness (QED) is 0.853. The average Bonchev–Trinajstić information content (AvgIpc) is 2.50. The number of rotatable bonds is 6. The lowest BCUT2D eigenvalue weighted by molar-refractivity contribution is 0.307. The normalized spacial score (nSPS) is 22.8. The maximum atomic E-state index is 14.1. The third-order valence-electron chi connectivity index (χ3n) is 4.60. The van der Waals surface area contributed by atoms with Crippen molar-refractivity contribution in [3.63, 3.8) is 0 Å². The van der Waals surface area contributed by atoms with Crippen LogP contribution in [-0.2, 0) is 0 Å². The van der Waals surface area contributed by atoms with Crippen molar-refractivity contribution in [3.8, 4) is 0 Å². The molecular weight excluding hydrogens is 251 g/mol. The van der Waals surface area contributed by atoms with E-state index >= 15 is 0 Å². The molecule has 1 aromatic carbocycles. The first-order chi connectivity index (χ1) is 9.76. The first kappa shape index (κ1) is 15.3. The van der Waals surface area contributed by atoms with Crippen molar-refractivity contribution in [2.75, 3.05) is 18.0 Å². The SMILES string of the molecule is CCC1CCC(N(CCCN)c2ccccc2F)CC1. The van der Waals surface area contributed by atoms with Crippen LogP contribution in [-0.4, -0.2) is 19.1 Å². The number of hydrogen-bond acceptors (Lipinski definition) is 2. The maximum absolute atomic E-state index is 14.1. The Labute approximate surface area is 122 Å². The minimum atomic E-state index is -0.109. The van der Waals surface area contributed by atoms with Crippen LogP contribution in [0.25, 0.3) is 0 Å². The molecule has 0 heterocycles. The van der Waals surface area contributed by atoms with Gasteiger partial charge in [0.15, 0.2) is 0 Å². The standard InChI is InChI=1S/C17H27FN2/c1-2-14-8-10-15(11-9-14)20(13-5-12-19)17-7-4-3-6-16(17)18/h3-4,6-7,14-15H,2,5,8-13,19H2,1H3. The second-order valence-corrected chi connectivity index (χ2v) is 5.87. The second kappa shape index (κ2) is 7.63. The number of halogens is 1. The molecule has 0 radical (unpaired) electrons. The predicted octanol–water partition coefficient (Wildman–Crippen LogP) is 3.95. The molecule has 2 nitrogen and oxygen atoms in total. The Bertz CT molecular complexity index is 400.